The van der Waals surface area contributed by atoms with E-state index in [0.717, 1.165) is 4.90 Å². The summed E-state index contributed by atoms with van der Waals surface area (Å²) in [6, 6.07) is 13.4. The second-order valence-electron chi connectivity index (χ2n) is 4.88. The van der Waals surface area contributed by atoms with Crippen LogP contribution < -0.4 is 0 Å². The summed E-state index contributed by atoms with van der Waals surface area (Å²) in [4.78, 5) is 13.5. The highest BCUT2D eigenvalue weighted by atomic mass is 35.5. The summed E-state index contributed by atoms with van der Waals surface area (Å²) >= 11 is 7.43. The van der Waals surface area contributed by atoms with Gasteiger partial charge in [0.05, 0.1) is 5.25 Å². The third-order valence-corrected chi connectivity index (χ3v) is 4.63. The van der Waals surface area contributed by atoms with Gasteiger partial charge in [0.25, 0.3) is 0 Å². The highest BCUT2D eigenvalue weighted by Crippen LogP contribution is 2.27. The van der Waals surface area contributed by atoms with E-state index in [1.807, 2.05) is 6.92 Å². The van der Waals surface area contributed by atoms with Crippen molar-refractivity contribution >= 4 is 29.1 Å². The van der Waals surface area contributed by atoms with Crippen LogP contribution in [0, 0.1) is 13.8 Å². The maximum Gasteiger partial charge on any atom is 0.175 e. The van der Waals surface area contributed by atoms with Crippen molar-refractivity contribution in [3.8, 4) is 0 Å². The minimum Gasteiger partial charge on any atom is -0.293 e. The van der Waals surface area contributed by atoms with E-state index < -0.39 is 0 Å². The Morgan fingerprint density at radius 2 is 1.70 bits per heavy atom. The Kier molecular flexibility index (Phi) is 4.90. The van der Waals surface area contributed by atoms with E-state index in [2.05, 4.69) is 32.0 Å². The first-order valence-corrected chi connectivity index (χ1v) is 7.77. The molecule has 0 aliphatic rings. The molecule has 0 saturated carbocycles. The molecule has 0 N–H and O–H groups in total. The lowest BCUT2D eigenvalue weighted by Crippen LogP contribution is -2.13. The summed E-state index contributed by atoms with van der Waals surface area (Å²) in [7, 11) is 0. The van der Waals surface area contributed by atoms with Crippen LogP contribution in [0.3, 0.4) is 0 Å². The molecule has 0 aliphatic carbocycles. The molecule has 0 saturated heterocycles. The number of rotatable bonds is 4. The number of hydrogen-bond donors (Lipinski definition) is 0. The average Bonchev–Trinajstić information content (AvgIpc) is 2.43. The zero-order chi connectivity index (χ0) is 14.7. The molecule has 2 rings (SSSR count). The van der Waals surface area contributed by atoms with Crippen LogP contribution in [0.1, 0.15) is 28.4 Å². The van der Waals surface area contributed by atoms with Crippen molar-refractivity contribution in [1.82, 2.24) is 0 Å². The molecule has 2 aromatic rings. The SMILES string of the molecule is Cc1ccc(SC(C)C(=O)c2ccc(Cl)cc2)cc1C. The Bertz CT molecular complexity index is 619. The topological polar surface area (TPSA) is 17.1 Å². The molecule has 20 heavy (non-hydrogen) atoms. The van der Waals surface area contributed by atoms with Crippen LogP contribution in [0.2, 0.25) is 5.02 Å². The number of ketones is 1. The molecule has 1 unspecified atom stereocenters. The molecule has 0 radical (unpaired) electrons. The summed E-state index contributed by atoms with van der Waals surface area (Å²) in [6.45, 7) is 6.12. The Hall–Kier alpha value is -1.25. The van der Waals surface area contributed by atoms with Gasteiger partial charge >= 0.3 is 0 Å². The lowest BCUT2D eigenvalue weighted by molar-refractivity contribution is 0.0994. The van der Waals surface area contributed by atoms with Crippen molar-refractivity contribution in [2.24, 2.45) is 0 Å². The summed E-state index contributed by atoms with van der Waals surface area (Å²) in [5.41, 5.74) is 3.23. The van der Waals surface area contributed by atoms with E-state index in [1.54, 1.807) is 36.0 Å². The zero-order valence-electron chi connectivity index (χ0n) is 11.8. The maximum absolute atomic E-state index is 12.3. The molecule has 1 atom stereocenters. The van der Waals surface area contributed by atoms with Gasteiger partial charge in [0.1, 0.15) is 0 Å². The summed E-state index contributed by atoms with van der Waals surface area (Å²) in [5, 5.41) is 0.536. The fraction of sp³-hybridized carbons (Fsp3) is 0.235. The molecule has 0 aromatic heterocycles. The van der Waals surface area contributed by atoms with Crippen molar-refractivity contribution in [2.45, 2.75) is 30.9 Å². The molecule has 0 bridgehead atoms. The number of carbonyl (C=O) groups excluding carboxylic acids is 1. The number of hydrogen-bond acceptors (Lipinski definition) is 2. The van der Waals surface area contributed by atoms with E-state index in [9.17, 15) is 4.79 Å². The second-order valence-corrected chi connectivity index (χ2v) is 6.73. The fourth-order valence-corrected chi connectivity index (χ4v) is 3.06. The molecule has 1 nitrogen and oxygen atoms in total. The van der Waals surface area contributed by atoms with Gasteiger partial charge in [0.15, 0.2) is 5.78 Å². The standard InChI is InChI=1S/C17H17ClOS/c1-11-4-9-16(10-12(11)2)20-13(3)17(19)14-5-7-15(18)8-6-14/h4-10,13H,1-3H3. The fourth-order valence-electron chi connectivity index (χ4n) is 1.89. The zero-order valence-corrected chi connectivity index (χ0v) is 13.4. The van der Waals surface area contributed by atoms with Gasteiger partial charge < -0.3 is 0 Å². The van der Waals surface area contributed by atoms with Gasteiger partial charge in [-0.2, -0.15) is 0 Å². The van der Waals surface area contributed by atoms with Gasteiger partial charge in [-0.25, -0.2) is 0 Å². The summed E-state index contributed by atoms with van der Waals surface area (Å²) < 4.78 is 0. The maximum atomic E-state index is 12.3. The molecule has 0 aliphatic heterocycles. The average molecular weight is 305 g/mol. The van der Waals surface area contributed by atoms with Crippen molar-refractivity contribution in [3.63, 3.8) is 0 Å². The van der Waals surface area contributed by atoms with E-state index in [1.165, 1.54) is 11.1 Å². The molecular formula is C17H17ClOS. The third kappa shape index (κ3) is 3.65. The van der Waals surface area contributed by atoms with Crippen molar-refractivity contribution in [3.05, 3.63) is 64.2 Å². The number of halogens is 1. The molecule has 2 aromatic carbocycles. The minimum atomic E-state index is -0.113. The Labute approximate surface area is 129 Å². The number of thioether (sulfide) groups is 1. The van der Waals surface area contributed by atoms with Crippen molar-refractivity contribution in [2.75, 3.05) is 0 Å². The van der Waals surface area contributed by atoms with Crippen LogP contribution in [0.25, 0.3) is 0 Å². The molecule has 0 heterocycles. The van der Waals surface area contributed by atoms with Crippen LogP contribution in [0.5, 0.6) is 0 Å². The molecule has 0 fully saturated rings. The Morgan fingerprint density at radius 1 is 1.05 bits per heavy atom. The normalized spacial score (nSPS) is 12.2. The summed E-state index contributed by atoms with van der Waals surface area (Å²) in [6.07, 6.45) is 0. The highest BCUT2D eigenvalue weighted by Gasteiger charge is 2.16. The van der Waals surface area contributed by atoms with Crippen molar-refractivity contribution in [1.29, 1.82) is 0 Å². The Balaban J connectivity index is 2.11. The van der Waals surface area contributed by atoms with Gasteiger partial charge in [0.2, 0.25) is 0 Å². The van der Waals surface area contributed by atoms with Crippen LogP contribution in [0.15, 0.2) is 47.4 Å². The second kappa shape index (κ2) is 6.47. The number of benzene rings is 2. The largest absolute Gasteiger partial charge is 0.293 e. The predicted molar refractivity (Wildman–Crippen MR) is 87.0 cm³/mol. The van der Waals surface area contributed by atoms with Gasteiger partial charge in [-0.05, 0) is 68.3 Å². The van der Waals surface area contributed by atoms with Crippen LogP contribution in [-0.4, -0.2) is 11.0 Å². The van der Waals surface area contributed by atoms with Crippen LogP contribution in [0.4, 0.5) is 0 Å². The first-order valence-electron chi connectivity index (χ1n) is 6.51. The third-order valence-electron chi connectivity index (χ3n) is 3.29. The molecule has 104 valence electrons. The highest BCUT2D eigenvalue weighted by molar-refractivity contribution is 8.00. The quantitative estimate of drug-likeness (QED) is 0.561. The predicted octanol–water partition coefficient (Wildman–Crippen LogP) is 5.32. The van der Waals surface area contributed by atoms with Crippen LogP contribution >= 0.6 is 23.4 Å². The van der Waals surface area contributed by atoms with Gasteiger partial charge in [0, 0.05) is 15.5 Å². The first kappa shape index (κ1) is 15.1. The smallest absolute Gasteiger partial charge is 0.175 e. The lowest BCUT2D eigenvalue weighted by Gasteiger charge is -2.11. The van der Waals surface area contributed by atoms with Crippen molar-refractivity contribution < 1.29 is 4.79 Å². The van der Waals surface area contributed by atoms with Gasteiger partial charge in [-0.3, -0.25) is 4.79 Å². The van der Waals surface area contributed by atoms with Gasteiger partial charge in [-0.1, -0.05) is 17.7 Å². The van der Waals surface area contributed by atoms with E-state index in [-0.39, 0.29) is 11.0 Å². The molecule has 0 spiro atoms. The molecular weight excluding hydrogens is 288 g/mol. The Morgan fingerprint density at radius 3 is 2.30 bits per heavy atom. The van der Waals surface area contributed by atoms with E-state index in [4.69, 9.17) is 11.6 Å². The summed E-state index contributed by atoms with van der Waals surface area (Å²) in [5.74, 6) is 0.130. The monoisotopic (exact) mass is 304 g/mol. The van der Waals surface area contributed by atoms with E-state index >= 15 is 0 Å². The number of carbonyl (C=O) groups is 1. The molecule has 3 heteroatoms. The minimum absolute atomic E-state index is 0.113. The number of aryl methyl sites for hydroxylation is 2. The van der Waals surface area contributed by atoms with Gasteiger partial charge in [-0.15, -0.1) is 11.8 Å². The molecule has 0 amide bonds. The van der Waals surface area contributed by atoms with Crippen LogP contribution in [-0.2, 0) is 0 Å². The number of Topliss-reactive ketones (excluding diaryl/α,β-unsaturated/α-hetero) is 1. The van der Waals surface area contributed by atoms with E-state index in [0.29, 0.717) is 10.6 Å². The first-order chi connectivity index (χ1) is 9.47. The lowest BCUT2D eigenvalue weighted by atomic mass is 10.1.